The highest BCUT2D eigenvalue weighted by Gasteiger charge is 2.22. The van der Waals surface area contributed by atoms with Gasteiger partial charge in [0.25, 0.3) is 0 Å². The molecule has 5 nitrogen and oxygen atoms in total. The van der Waals surface area contributed by atoms with Crippen molar-refractivity contribution < 1.29 is 19.1 Å². The molecule has 0 aliphatic carbocycles. The number of hydrogen-bond donors (Lipinski definition) is 0. The van der Waals surface area contributed by atoms with Crippen LogP contribution in [0.4, 0.5) is 0 Å². The quantitative estimate of drug-likeness (QED) is 0.120. The third-order valence-corrected chi connectivity index (χ3v) is 7.59. The first-order chi connectivity index (χ1) is 20.6. The van der Waals surface area contributed by atoms with Crippen LogP contribution in [0.3, 0.4) is 0 Å². The summed E-state index contributed by atoms with van der Waals surface area (Å²) in [4.78, 5) is 31.5. The van der Waals surface area contributed by atoms with Gasteiger partial charge in [-0.25, -0.2) is 9.59 Å². The number of carbonyl (C=O) groups excluding carboxylic acids is 2. The van der Waals surface area contributed by atoms with Gasteiger partial charge in [-0.2, -0.15) is 0 Å². The minimum Gasteiger partial charge on any atom is -0.464 e. The fourth-order valence-electron chi connectivity index (χ4n) is 4.61. The van der Waals surface area contributed by atoms with Crippen molar-refractivity contribution in [1.29, 1.82) is 0 Å². The Bertz CT molecular complexity index is 1590. The first-order valence-corrected chi connectivity index (χ1v) is 14.7. The number of nitrogens with zero attached hydrogens (tertiary/aromatic N) is 1. The second kappa shape index (κ2) is 14.2. The predicted molar refractivity (Wildman–Crippen MR) is 168 cm³/mol. The summed E-state index contributed by atoms with van der Waals surface area (Å²) in [5.74, 6) is -0.716. The van der Waals surface area contributed by atoms with E-state index in [1.165, 1.54) is 11.3 Å². The summed E-state index contributed by atoms with van der Waals surface area (Å²) in [6.45, 7) is 2.29. The molecule has 6 heteroatoms. The summed E-state index contributed by atoms with van der Waals surface area (Å²) in [6.07, 6.45) is 0.373. The Hall–Kier alpha value is -4.81. The average Bonchev–Trinajstić information content (AvgIpc) is 3.54. The lowest BCUT2D eigenvalue weighted by Gasteiger charge is -2.16. The number of benzene rings is 4. The molecule has 42 heavy (non-hydrogen) atoms. The number of thiophene rings is 1. The molecule has 0 bridgehead atoms. The molecule has 0 aliphatic rings. The van der Waals surface area contributed by atoms with Crippen LogP contribution in [0, 0.1) is 0 Å². The SMILES string of the molecule is CCOC(=O)[C@H](Cc1ccc(-c2ccsc2C(=O)OCc2ccccc2)cc1)N=C(c1ccccc1)c1ccccc1. The molecule has 1 atom stereocenters. The van der Waals surface area contributed by atoms with Crippen molar-refractivity contribution in [1.82, 2.24) is 0 Å². The summed E-state index contributed by atoms with van der Waals surface area (Å²) in [7, 11) is 0. The van der Waals surface area contributed by atoms with Gasteiger partial charge in [0.2, 0.25) is 0 Å². The molecular formula is C36H31NO4S. The van der Waals surface area contributed by atoms with Gasteiger partial charge in [-0.15, -0.1) is 11.3 Å². The van der Waals surface area contributed by atoms with Crippen molar-refractivity contribution in [3.63, 3.8) is 0 Å². The largest absolute Gasteiger partial charge is 0.464 e. The lowest BCUT2D eigenvalue weighted by Crippen LogP contribution is -2.26. The number of aliphatic imine (C=N–C) groups is 1. The van der Waals surface area contributed by atoms with Crippen LogP contribution in [0.5, 0.6) is 0 Å². The van der Waals surface area contributed by atoms with Gasteiger partial charge in [0, 0.05) is 23.1 Å². The van der Waals surface area contributed by atoms with Gasteiger partial charge >= 0.3 is 11.9 Å². The summed E-state index contributed by atoms with van der Waals surface area (Å²) >= 11 is 1.36. The Morgan fingerprint density at radius 3 is 1.90 bits per heavy atom. The number of rotatable bonds is 11. The highest BCUT2D eigenvalue weighted by molar-refractivity contribution is 7.12. The van der Waals surface area contributed by atoms with Crippen molar-refractivity contribution in [2.75, 3.05) is 6.61 Å². The zero-order valence-electron chi connectivity index (χ0n) is 23.3. The maximum absolute atomic E-state index is 13.1. The van der Waals surface area contributed by atoms with Crippen molar-refractivity contribution in [3.05, 3.63) is 154 Å². The molecule has 0 amide bonds. The Labute approximate surface area is 250 Å². The van der Waals surface area contributed by atoms with Crippen LogP contribution in [0.15, 0.2) is 132 Å². The van der Waals surface area contributed by atoms with Gasteiger partial charge in [-0.05, 0) is 35.1 Å². The van der Waals surface area contributed by atoms with E-state index >= 15 is 0 Å². The molecule has 1 heterocycles. The molecule has 0 N–H and O–H groups in total. The fraction of sp³-hybridized carbons (Fsp3) is 0.139. The highest BCUT2D eigenvalue weighted by Crippen LogP contribution is 2.30. The van der Waals surface area contributed by atoms with Gasteiger partial charge in [0.1, 0.15) is 11.5 Å². The lowest BCUT2D eigenvalue weighted by molar-refractivity contribution is -0.144. The second-order valence-corrected chi connectivity index (χ2v) is 10.5. The van der Waals surface area contributed by atoms with Crippen molar-refractivity contribution in [2.24, 2.45) is 4.99 Å². The van der Waals surface area contributed by atoms with E-state index in [1.54, 1.807) is 6.92 Å². The number of esters is 2. The zero-order valence-corrected chi connectivity index (χ0v) is 24.1. The van der Waals surface area contributed by atoms with E-state index in [9.17, 15) is 9.59 Å². The molecule has 0 radical (unpaired) electrons. The molecule has 1 aromatic heterocycles. The zero-order chi connectivity index (χ0) is 29.1. The Morgan fingerprint density at radius 2 is 1.31 bits per heavy atom. The van der Waals surface area contributed by atoms with Crippen molar-refractivity contribution >= 4 is 29.0 Å². The smallest absolute Gasteiger partial charge is 0.349 e. The molecule has 0 saturated carbocycles. The Morgan fingerprint density at radius 1 is 0.714 bits per heavy atom. The van der Waals surface area contributed by atoms with E-state index < -0.39 is 6.04 Å². The maximum Gasteiger partial charge on any atom is 0.349 e. The van der Waals surface area contributed by atoms with E-state index in [1.807, 2.05) is 127 Å². The van der Waals surface area contributed by atoms with E-state index in [0.717, 1.165) is 39.1 Å². The molecule has 0 unspecified atom stereocenters. The lowest BCUT2D eigenvalue weighted by atomic mass is 9.99. The number of carbonyl (C=O) groups is 2. The molecule has 0 saturated heterocycles. The number of ether oxygens (including phenoxy) is 2. The van der Waals surface area contributed by atoms with E-state index in [2.05, 4.69) is 0 Å². The van der Waals surface area contributed by atoms with Crippen LogP contribution in [0.25, 0.3) is 11.1 Å². The van der Waals surface area contributed by atoms with Crippen LogP contribution >= 0.6 is 11.3 Å². The molecule has 5 aromatic rings. The van der Waals surface area contributed by atoms with Gasteiger partial charge in [0.15, 0.2) is 6.04 Å². The molecular weight excluding hydrogens is 542 g/mol. The number of hydrogen-bond acceptors (Lipinski definition) is 6. The van der Waals surface area contributed by atoms with E-state index in [-0.39, 0.29) is 25.2 Å². The molecule has 5 rings (SSSR count). The van der Waals surface area contributed by atoms with Gasteiger partial charge in [0.05, 0.1) is 12.3 Å². The van der Waals surface area contributed by atoms with Crippen LogP contribution in [0.1, 0.15) is 38.8 Å². The fourth-order valence-corrected chi connectivity index (χ4v) is 5.42. The van der Waals surface area contributed by atoms with Gasteiger partial charge in [-0.3, -0.25) is 4.99 Å². The Kier molecular flexibility index (Phi) is 9.70. The normalized spacial score (nSPS) is 11.4. The van der Waals surface area contributed by atoms with Crippen LogP contribution in [-0.2, 0) is 27.3 Å². The van der Waals surface area contributed by atoms with E-state index in [0.29, 0.717) is 11.3 Å². The Balaban J connectivity index is 1.37. The molecule has 0 spiro atoms. The third kappa shape index (κ3) is 7.28. The molecule has 0 fully saturated rings. The average molecular weight is 574 g/mol. The van der Waals surface area contributed by atoms with Gasteiger partial charge in [-0.1, -0.05) is 115 Å². The molecule has 210 valence electrons. The summed E-state index contributed by atoms with van der Waals surface area (Å²) in [6, 6.07) is 38.4. The van der Waals surface area contributed by atoms with Crippen molar-refractivity contribution in [3.8, 4) is 11.1 Å². The standard InChI is InChI=1S/C36H31NO4S/c1-2-40-35(38)32(37-33(29-14-8-4-9-15-29)30-16-10-5-11-17-30)24-26-18-20-28(21-19-26)31-22-23-42-34(31)36(39)41-25-27-12-6-3-7-13-27/h3-23,32H,2,24-25H2,1H3/t32-/m0/s1. The van der Waals surface area contributed by atoms with Crippen LogP contribution in [-0.4, -0.2) is 30.3 Å². The topological polar surface area (TPSA) is 65.0 Å². The first kappa shape index (κ1) is 28.7. The van der Waals surface area contributed by atoms with Gasteiger partial charge < -0.3 is 9.47 Å². The van der Waals surface area contributed by atoms with Crippen molar-refractivity contribution in [2.45, 2.75) is 26.0 Å². The highest BCUT2D eigenvalue weighted by atomic mass is 32.1. The van der Waals surface area contributed by atoms with Crippen LogP contribution in [0.2, 0.25) is 0 Å². The van der Waals surface area contributed by atoms with Crippen LogP contribution < -0.4 is 0 Å². The monoisotopic (exact) mass is 573 g/mol. The maximum atomic E-state index is 13.1. The molecule has 4 aromatic carbocycles. The van der Waals surface area contributed by atoms with E-state index in [4.69, 9.17) is 14.5 Å². The minimum absolute atomic E-state index is 0.222. The summed E-state index contributed by atoms with van der Waals surface area (Å²) < 4.78 is 11.0. The first-order valence-electron chi connectivity index (χ1n) is 13.9. The molecule has 0 aliphatic heterocycles. The predicted octanol–water partition coefficient (Wildman–Crippen LogP) is 7.78. The summed E-state index contributed by atoms with van der Waals surface area (Å²) in [5.41, 5.74) is 6.19. The third-order valence-electron chi connectivity index (χ3n) is 6.70. The summed E-state index contributed by atoms with van der Waals surface area (Å²) in [5, 5.41) is 1.89. The minimum atomic E-state index is -0.726. The second-order valence-electron chi connectivity index (χ2n) is 9.60.